The van der Waals surface area contributed by atoms with Gasteiger partial charge in [0, 0.05) is 11.0 Å². The van der Waals surface area contributed by atoms with E-state index in [0.717, 1.165) is 36.1 Å². The van der Waals surface area contributed by atoms with Crippen LogP contribution in [0.15, 0.2) is 22.1 Å². The number of rotatable bonds is 3. The fourth-order valence-electron chi connectivity index (χ4n) is 2.76. The van der Waals surface area contributed by atoms with Crippen molar-refractivity contribution in [3.63, 3.8) is 0 Å². The first-order chi connectivity index (χ1) is 11.6. The Balaban J connectivity index is 1.87. The van der Waals surface area contributed by atoms with Crippen molar-refractivity contribution in [1.82, 2.24) is 0 Å². The normalized spacial score (nSPS) is 13.7. The zero-order chi connectivity index (χ0) is 17.1. The number of nitrogens with one attached hydrogen (secondary N) is 1. The topological polar surface area (TPSA) is 89.8 Å². The molecule has 0 bridgehead atoms. The minimum Gasteiger partial charge on any atom is -0.462 e. The highest BCUT2D eigenvalue weighted by Crippen LogP contribution is 2.37. The second-order valence-corrected chi connectivity index (χ2v) is 6.70. The lowest BCUT2D eigenvalue weighted by Crippen LogP contribution is -2.13. The zero-order valence-corrected chi connectivity index (χ0v) is 14.0. The molecule has 0 spiro atoms. The van der Waals surface area contributed by atoms with Crippen LogP contribution in [-0.4, -0.2) is 5.91 Å². The van der Waals surface area contributed by atoms with Crippen molar-refractivity contribution in [2.75, 3.05) is 5.32 Å². The summed E-state index contributed by atoms with van der Waals surface area (Å²) in [6.07, 6.45) is 5.39. The second-order valence-electron chi connectivity index (χ2n) is 5.60. The van der Waals surface area contributed by atoms with Gasteiger partial charge in [-0.2, -0.15) is 10.5 Å². The first-order valence-corrected chi connectivity index (χ1v) is 8.48. The number of nitrogens with zero attached hydrogens (tertiary/aromatic N) is 2. The summed E-state index contributed by atoms with van der Waals surface area (Å²) in [6.45, 7) is 1.79. The molecule has 0 aliphatic heterocycles. The van der Waals surface area contributed by atoms with Crippen molar-refractivity contribution >= 4 is 28.3 Å². The SMILES string of the molecule is Cc1ccc(/C=C(\C#N)C(=O)Nc2sc3c(c2C#N)CCCC3)o1. The van der Waals surface area contributed by atoms with Crippen LogP contribution in [0.3, 0.4) is 0 Å². The molecular weight excluding hydrogens is 322 g/mol. The van der Waals surface area contributed by atoms with Crippen molar-refractivity contribution in [3.05, 3.63) is 45.2 Å². The van der Waals surface area contributed by atoms with E-state index in [2.05, 4.69) is 11.4 Å². The summed E-state index contributed by atoms with van der Waals surface area (Å²) in [6, 6.07) is 7.55. The molecule has 2 aromatic rings. The first kappa shape index (κ1) is 16.0. The molecular formula is C18H15N3O2S. The van der Waals surface area contributed by atoms with Crippen molar-refractivity contribution < 1.29 is 9.21 Å². The van der Waals surface area contributed by atoms with Crippen molar-refractivity contribution in [1.29, 1.82) is 10.5 Å². The molecule has 1 aliphatic carbocycles. The Morgan fingerprint density at radius 1 is 1.33 bits per heavy atom. The number of amides is 1. The molecule has 2 heterocycles. The number of anilines is 1. The summed E-state index contributed by atoms with van der Waals surface area (Å²) in [5.41, 5.74) is 1.53. The lowest BCUT2D eigenvalue weighted by Gasteiger charge is -2.09. The van der Waals surface area contributed by atoms with Gasteiger partial charge in [0.05, 0.1) is 5.56 Å². The zero-order valence-electron chi connectivity index (χ0n) is 13.2. The van der Waals surface area contributed by atoms with E-state index >= 15 is 0 Å². The fourth-order valence-corrected chi connectivity index (χ4v) is 4.00. The molecule has 3 rings (SSSR count). The quantitative estimate of drug-likeness (QED) is 0.678. The third kappa shape index (κ3) is 3.10. The van der Waals surface area contributed by atoms with Gasteiger partial charge in [-0.3, -0.25) is 4.79 Å². The average molecular weight is 337 g/mol. The fraction of sp³-hybridized carbons (Fsp3) is 0.278. The van der Waals surface area contributed by atoms with Gasteiger partial charge in [0.25, 0.3) is 5.91 Å². The van der Waals surface area contributed by atoms with E-state index in [4.69, 9.17) is 4.42 Å². The molecule has 1 N–H and O–H groups in total. The number of fused-ring (bicyclic) bond motifs is 1. The number of furan rings is 1. The predicted octanol–water partition coefficient (Wildman–Crippen LogP) is 3.95. The molecule has 5 nitrogen and oxygen atoms in total. The van der Waals surface area contributed by atoms with Crippen LogP contribution in [0.1, 0.15) is 40.4 Å². The largest absolute Gasteiger partial charge is 0.462 e. The lowest BCUT2D eigenvalue weighted by atomic mass is 9.96. The molecule has 120 valence electrons. The molecule has 0 radical (unpaired) electrons. The average Bonchev–Trinajstić information content (AvgIpc) is 3.14. The Kier molecular flexibility index (Phi) is 4.50. The molecule has 0 saturated carbocycles. The number of hydrogen-bond donors (Lipinski definition) is 1. The number of nitriles is 2. The van der Waals surface area contributed by atoms with Gasteiger partial charge in [0.1, 0.15) is 34.2 Å². The summed E-state index contributed by atoms with van der Waals surface area (Å²) in [4.78, 5) is 13.6. The van der Waals surface area contributed by atoms with Crippen LogP contribution in [0.5, 0.6) is 0 Å². The summed E-state index contributed by atoms with van der Waals surface area (Å²) >= 11 is 1.44. The van der Waals surface area contributed by atoms with E-state index in [-0.39, 0.29) is 5.57 Å². The standard InChI is InChI=1S/C18H15N3O2S/c1-11-6-7-13(23-11)8-12(9-19)17(22)21-18-15(10-20)14-4-2-3-5-16(14)24-18/h6-8H,2-5H2,1H3,(H,21,22)/b12-8+. The van der Waals surface area contributed by atoms with Crippen LogP contribution >= 0.6 is 11.3 Å². The van der Waals surface area contributed by atoms with E-state index in [0.29, 0.717) is 22.1 Å². The van der Waals surface area contributed by atoms with Crippen LogP contribution in [0.2, 0.25) is 0 Å². The van der Waals surface area contributed by atoms with Gasteiger partial charge in [-0.25, -0.2) is 0 Å². The van der Waals surface area contributed by atoms with Crippen LogP contribution in [-0.2, 0) is 17.6 Å². The minimum absolute atomic E-state index is 0.0559. The molecule has 0 aromatic carbocycles. The molecule has 1 aliphatic rings. The highest BCUT2D eigenvalue weighted by molar-refractivity contribution is 7.16. The van der Waals surface area contributed by atoms with Gasteiger partial charge in [0.2, 0.25) is 0 Å². The maximum absolute atomic E-state index is 12.4. The van der Waals surface area contributed by atoms with Crippen LogP contribution < -0.4 is 5.32 Å². The van der Waals surface area contributed by atoms with E-state index < -0.39 is 5.91 Å². The molecule has 0 fully saturated rings. The number of thiophene rings is 1. The number of carbonyl (C=O) groups is 1. The monoisotopic (exact) mass is 337 g/mol. The number of hydrogen-bond acceptors (Lipinski definition) is 5. The number of carbonyl (C=O) groups excluding carboxylic acids is 1. The summed E-state index contributed by atoms with van der Waals surface area (Å²) in [7, 11) is 0. The molecule has 2 aromatic heterocycles. The van der Waals surface area contributed by atoms with Gasteiger partial charge in [-0.15, -0.1) is 11.3 Å². The first-order valence-electron chi connectivity index (χ1n) is 7.66. The molecule has 0 saturated heterocycles. The highest BCUT2D eigenvalue weighted by atomic mass is 32.1. The maximum Gasteiger partial charge on any atom is 0.267 e. The highest BCUT2D eigenvalue weighted by Gasteiger charge is 2.22. The van der Waals surface area contributed by atoms with Gasteiger partial charge in [0.15, 0.2) is 0 Å². The van der Waals surface area contributed by atoms with E-state index in [1.807, 2.05) is 6.07 Å². The van der Waals surface area contributed by atoms with Crippen molar-refractivity contribution in [2.45, 2.75) is 32.6 Å². The van der Waals surface area contributed by atoms with Crippen LogP contribution in [0, 0.1) is 29.6 Å². The second kappa shape index (κ2) is 6.74. The predicted molar refractivity (Wildman–Crippen MR) is 91.3 cm³/mol. The van der Waals surface area contributed by atoms with Gasteiger partial charge < -0.3 is 9.73 Å². The Labute approximate surface area is 143 Å². The Bertz CT molecular complexity index is 906. The molecule has 24 heavy (non-hydrogen) atoms. The third-order valence-corrected chi connectivity index (χ3v) is 5.13. The van der Waals surface area contributed by atoms with Crippen LogP contribution in [0.25, 0.3) is 6.08 Å². The van der Waals surface area contributed by atoms with Crippen LogP contribution in [0.4, 0.5) is 5.00 Å². The Morgan fingerprint density at radius 3 is 2.79 bits per heavy atom. The van der Waals surface area contributed by atoms with E-state index in [1.54, 1.807) is 19.1 Å². The molecule has 0 atom stereocenters. The lowest BCUT2D eigenvalue weighted by molar-refractivity contribution is -0.112. The molecule has 1 amide bonds. The molecule has 6 heteroatoms. The maximum atomic E-state index is 12.4. The van der Waals surface area contributed by atoms with E-state index in [9.17, 15) is 15.3 Å². The van der Waals surface area contributed by atoms with Gasteiger partial charge in [-0.05, 0) is 50.3 Å². The van der Waals surface area contributed by atoms with Gasteiger partial charge >= 0.3 is 0 Å². The smallest absolute Gasteiger partial charge is 0.267 e. The minimum atomic E-state index is -0.526. The summed E-state index contributed by atoms with van der Waals surface area (Å²) < 4.78 is 5.37. The Morgan fingerprint density at radius 2 is 2.12 bits per heavy atom. The third-order valence-electron chi connectivity index (χ3n) is 3.92. The summed E-state index contributed by atoms with van der Waals surface area (Å²) in [5, 5.41) is 21.9. The molecule has 0 unspecified atom stereocenters. The van der Waals surface area contributed by atoms with Gasteiger partial charge in [-0.1, -0.05) is 0 Å². The Hall–Kier alpha value is -2.83. The van der Waals surface area contributed by atoms with Crippen molar-refractivity contribution in [3.8, 4) is 12.1 Å². The summed E-state index contributed by atoms with van der Waals surface area (Å²) in [5.74, 6) is 0.628. The number of aryl methyl sites for hydroxylation is 2. The van der Waals surface area contributed by atoms with Crippen molar-refractivity contribution in [2.24, 2.45) is 0 Å². The van der Waals surface area contributed by atoms with E-state index in [1.165, 1.54) is 17.4 Å².